The Kier molecular flexibility index (Phi) is 2.02. The van der Waals surface area contributed by atoms with Crippen molar-refractivity contribution in [1.82, 2.24) is 4.98 Å². The Morgan fingerprint density at radius 1 is 1.12 bits per heavy atom. The zero-order valence-electron chi connectivity index (χ0n) is 9.32. The van der Waals surface area contributed by atoms with Crippen LogP contribution < -0.4 is 9.47 Å². The smallest absolute Gasteiger partial charge is 0.198 e. The molecule has 0 unspecified atom stereocenters. The number of hydrogen-bond acceptors (Lipinski definition) is 4. The van der Waals surface area contributed by atoms with Crippen LogP contribution in [0.2, 0.25) is 0 Å². The zero-order chi connectivity index (χ0) is 11.1. The van der Waals surface area contributed by atoms with Gasteiger partial charge in [0.05, 0.1) is 0 Å². The van der Waals surface area contributed by atoms with Crippen molar-refractivity contribution in [3.05, 3.63) is 18.0 Å². The van der Waals surface area contributed by atoms with E-state index in [2.05, 4.69) is 18.8 Å². The van der Waals surface area contributed by atoms with Crippen LogP contribution in [0.25, 0.3) is 11.1 Å². The molecule has 0 N–H and O–H groups in total. The second-order valence-corrected chi connectivity index (χ2v) is 4.17. The Bertz CT molecular complexity index is 487. The van der Waals surface area contributed by atoms with Crippen molar-refractivity contribution >= 4 is 11.1 Å². The van der Waals surface area contributed by atoms with Crippen molar-refractivity contribution in [2.75, 3.05) is 13.2 Å². The van der Waals surface area contributed by atoms with E-state index in [0.717, 1.165) is 28.5 Å². The molecule has 1 aromatic carbocycles. The van der Waals surface area contributed by atoms with Gasteiger partial charge in [-0.25, -0.2) is 4.98 Å². The van der Waals surface area contributed by atoms with E-state index in [1.165, 1.54) is 0 Å². The fourth-order valence-corrected chi connectivity index (χ4v) is 1.73. The average Bonchev–Trinajstić information content (AvgIpc) is 2.68. The van der Waals surface area contributed by atoms with E-state index in [9.17, 15) is 0 Å². The van der Waals surface area contributed by atoms with Crippen LogP contribution in [-0.2, 0) is 0 Å². The van der Waals surface area contributed by atoms with Gasteiger partial charge in [0.2, 0.25) is 0 Å². The summed E-state index contributed by atoms with van der Waals surface area (Å²) >= 11 is 0. The van der Waals surface area contributed by atoms with Crippen LogP contribution in [0.1, 0.15) is 25.7 Å². The van der Waals surface area contributed by atoms with Gasteiger partial charge in [0, 0.05) is 18.1 Å². The van der Waals surface area contributed by atoms with E-state index < -0.39 is 0 Å². The lowest BCUT2D eigenvalue weighted by Crippen LogP contribution is -2.15. The van der Waals surface area contributed by atoms with E-state index in [1.54, 1.807) is 0 Å². The molecule has 1 aliphatic rings. The second-order valence-electron chi connectivity index (χ2n) is 4.17. The maximum atomic E-state index is 5.65. The molecule has 0 saturated carbocycles. The van der Waals surface area contributed by atoms with Crippen molar-refractivity contribution < 1.29 is 13.9 Å². The number of ether oxygens (including phenoxy) is 2. The Balaban J connectivity index is 2.16. The molecule has 4 nitrogen and oxygen atoms in total. The molecular formula is C12H13NO3. The third kappa shape index (κ3) is 1.41. The minimum absolute atomic E-state index is 0.284. The number of rotatable bonds is 1. The SMILES string of the molecule is CC(C)c1nc2cc3c(cc2o1)OCCO3. The molecular weight excluding hydrogens is 206 g/mol. The minimum Gasteiger partial charge on any atom is -0.486 e. The van der Waals surface area contributed by atoms with Crippen LogP contribution in [0.4, 0.5) is 0 Å². The molecule has 0 radical (unpaired) electrons. The third-order valence-electron chi connectivity index (χ3n) is 2.56. The van der Waals surface area contributed by atoms with E-state index in [4.69, 9.17) is 13.9 Å². The van der Waals surface area contributed by atoms with Gasteiger partial charge in [0.1, 0.15) is 18.7 Å². The lowest BCUT2D eigenvalue weighted by atomic mass is 10.2. The molecule has 4 heteroatoms. The summed E-state index contributed by atoms with van der Waals surface area (Å²) in [6, 6.07) is 3.72. The zero-order valence-corrected chi connectivity index (χ0v) is 9.32. The molecule has 0 saturated heterocycles. The Morgan fingerprint density at radius 2 is 1.81 bits per heavy atom. The summed E-state index contributed by atoms with van der Waals surface area (Å²) in [5.74, 6) is 2.52. The van der Waals surface area contributed by atoms with Gasteiger partial charge in [-0.1, -0.05) is 13.8 Å². The summed E-state index contributed by atoms with van der Waals surface area (Å²) in [7, 11) is 0. The molecule has 0 aliphatic carbocycles. The molecule has 2 aromatic rings. The minimum atomic E-state index is 0.284. The van der Waals surface area contributed by atoms with E-state index in [-0.39, 0.29) is 5.92 Å². The van der Waals surface area contributed by atoms with Gasteiger partial charge in [-0.15, -0.1) is 0 Å². The van der Waals surface area contributed by atoms with Crippen LogP contribution in [0.3, 0.4) is 0 Å². The van der Waals surface area contributed by atoms with Gasteiger partial charge in [-0.3, -0.25) is 0 Å². The molecule has 0 bridgehead atoms. The predicted octanol–water partition coefficient (Wildman–Crippen LogP) is 2.72. The Labute approximate surface area is 93.2 Å². The highest BCUT2D eigenvalue weighted by Crippen LogP contribution is 2.35. The first-order valence-corrected chi connectivity index (χ1v) is 5.44. The largest absolute Gasteiger partial charge is 0.486 e. The van der Waals surface area contributed by atoms with Crippen LogP contribution >= 0.6 is 0 Å². The number of hydrogen-bond donors (Lipinski definition) is 0. The third-order valence-corrected chi connectivity index (χ3v) is 2.56. The van der Waals surface area contributed by atoms with Crippen LogP contribution in [0.5, 0.6) is 11.5 Å². The normalized spacial score (nSPS) is 14.7. The van der Waals surface area contributed by atoms with Gasteiger partial charge < -0.3 is 13.9 Å². The van der Waals surface area contributed by atoms with Crippen molar-refractivity contribution in [2.24, 2.45) is 0 Å². The standard InChI is InChI=1S/C12H13NO3/c1-7(2)12-13-8-5-10-11(6-9(8)16-12)15-4-3-14-10/h5-7H,3-4H2,1-2H3. The van der Waals surface area contributed by atoms with E-state index in [1.807, 2.05) is 12.1 Å². The summed E-state index contributed by atoms with van der Waals surface area (Å²) in [5, 5.41) is 0. The number of aromatic nitrogens is 1. The van der Waals surface area contributed by atoms with E-state index >= 15 is 0 Å². The summed E-state index contributed by atoms with van der Waals surface area (Å²) in [4.78, 5) is 4.42. The lowest BCUT2D eigenvalue weighted by molar-refractivity contribution is 0.172. The van der Waals surface area contributed by atoms with Gasteiger partial charge in [0.25, 0.3) is 0 Å². The molecule has 0 atom stereocenters. The molecule has 84 valence electrons. The maximum Gasteiger partial charge on any atom is 0.198 e. The summed E-state index contributed by atoms with van der Waals surface area (Å²) in [6.07, 6.45) is 0. The number of nitrogens with zero attached hydrogens (tertiary/aromatic N) is 1. The topological polar surface area (TPSA) is 44.5 Å². The molecule has 2 heterocycles. The summed E-state index contributed by atoms with van der Waals surface area (Å²) < 4.78 is 16.6. The van der Waals surface area contributed by atoms with Gasteiger partial charge in [-0.05, 0) is 0 Å². The monoisotopic (exact) mass is 219 g/mol. The second kappa shape index (κ2) is 3.40. The highest BCUT2D eigenvalue weighted by atomic mass is 16.6. The molecule has 0 spiro atoms. The summed E-state index contributed by atoms with van der Waals surface area (Å²) in [5.41, 5.74) is 1.58. The molecule has 1 aliphatic heterocycles. The number of oxazole rings is 1. The van der Waals surface area contributed by atoms with Crippen molar-refractivity contribution in [3.63, 3.8) is 0 Å². The summed E-state index contributed by atoms with van der Waals surface area (Å²) in [6.45, 7) is 5.28. The lowest BCUT2D eigenvalue weighted by Gasteiger charge is -2.17. The quantitative estimate of drug-likeness (QED) is 0.739. The molecule has 3 rings (SSSR count). The molecule has 0 amide bonds. The fourth-order valence-electron chi connectivity index (χ4n) is 1.73. The first-order valence-electron chi connectivity index (χ1n) is 5.44. The van der Waals surface area contributed by atoms with Gasteiger partial charge >= 0.3 is 0 Å². The Hall–Kier alpha value is -1.71. The van der Waals surface area contributed by atoms with E-state index in [0.29, 0.717) is 13.2 Å². The predicted molar refractivity (Wildman–Crippen MR) is 59.1 cm³/mol. The van der Waals surface area contributed by atoms with Gasteiger partial charge in [0.15, 0.2) is 23.0 Å². The molecule has 1 aromatic heterocycles. The highest BCUT2D eigenvalue weighted by molar-refractivity contribution is 5.77. The molecule has 16 heavy (non-hydrogen) atoms. The first-order chi connectivity index (χ1) is 7.74. The van der Waals surface area contributed by atoms with Crippen molar-refractivity contribution in [1.29, 1.82) is 0 Å². The van der Waals surface area contributed by atoms with Crippen LogP contribution in [0, 0.1) is 0 Å². The first kappa shape index (κ1) is 9.51. The fraction of sp³-hybridized carbons (Fsp3) is 0.417. The van der Waals surface area contributed by atoms with Crippen molar-refractivity contribution in [3.8, 4) is 11.5 Å². The van der Waals surface area contributed by atoms with Crippen LogP contribution in [0.15, 0.2) is 16.5 Å². The molecule has 0 fully saturated rings. The average molecular weight is 219 g/mol. The maximum absolute atomic E-state index is 5.65. The Morgan fingerprint density at radius 3 is 2.50 bits per heavy atom. The van der Waals surface area contributed by atoms with Crippen molar-refractivity contribution in [2.45, 2.75) is 19.8 Å². The number of benzene rings is 1. The number of fused-ring (bicyclic) bond motifs is 2. The highest BCUT2D eigenvalue weighted by Gasteiger charge is 2.16. The van der Waals surface area contributed by atoms with Crippen LogP contribution in [-0.4, -0.2) is 18.2 Å². The van der Waals surface area contributed by atoms with Gasteiger partial charge in [-0.2, -0.15) is 0 Å².